The van der Waals surface area contributed by atoms with Crippen LogP contribution >= 0.6 is 11.6 Å². The summed E-state index contributed by atoms with van der Waals surface area (Å²) in [4.78, 5) is 4.57. The van der Waals surface area contributed by atoms with Crippen molar-refractivity contribution in [2.45, 2.75) is 37.2 Å². The van der Waals surface area contributed by atoms with Crippen LogP contribution in [0.1, 0.15) is 31.9 Å². The topological polar surface area (TPSA) is 70.6 Å². The van der Waals surface area contributed by atoms with Gasteiger partial charge in [0.1, 0.15) is 0 Å². The number of nitrogens with one attached hydrogen (secondary N) is 2. The highest BCUT2D eigenvalue weighted by Gasteiger charge is 2.21. The highest BCUT2D eigenvalue weighted by molar-refractivity contribution is 7.91. The summed E-state index contributed by atoms with van der Waals surface area (Å²) in [7, 11) is -1.70. The molecule has 2 unspecified atom stereocenters. The lowest BCUT2D eigenvalue weighted by atomic mass is 10.1. The quantitative estimate of drug-likeness (QED) is 0.540. The minimum Gasteiger partial charge on any atom is -0.353 e. The first-order chi connectivity index (χ1) is 12.9. The Morgan fingerprint density at radius 3 is 2.26 bits per heavy atom. The number of hydrogen-bond donors (Lipinski definition) is 2. The highest BCUT2D eigenvalue weighted by Crippen LogP contribution is 2.16. The summed E-state index contributed by atoms with van der Waals surface area (Å²) in [6.07, 6.45) is 0.655. The van der Waals surface area contributed by atoms with Gasteiger partial charge in [-0.1, -0.05) is 48.9 Å². The molecule has 0 spiro atoms. The van der Waals surface area contributed by atoms with Crippen LogP contribution in [-0.2, 0) is 9.84 Å². The van der Waals surface area contributed by atoms with Crippen molar-refractivity contribution in [3.63, 3.8) is 0 Å². The molecule has 0 amide bonds. The van der Waals surface area contributed by atoms with E-state index in [1.54, 1.807) is 37.4 Å². The maximum atomic E-state index is 12.6. The number of halogens is 1. The highest BCUT2D eigenvalue weighted by atomic mass is 35.5. The molecule has 146 valence electrons. The normalized spacial score (nSPS) is 14.4. The van der Waals surface area contributed by atoms with Crippen LogP contribution in [0.2, 0.25) is 5.02 Å². The standard InChI is InChI=1S/C20H26ClN3O2S/c1-4-18(14-27(25,26)19-8-6-5-7-9-19)24-20(22-3)23-15(2)16-10-12-17(21)13-11-16/h5-13,15,18H,4,14H2,1-3H3,(H2,22,23,24). The Labute approximate surface area is 166 Å². The van der Waals surface area contributed by atoms with Gasteiger partial charge in [0.25, 0.3) is 0 Å². The van der Waals surface area contributed by atoms with Crippen molar-refractivity contribution in [1.82, 2.24) is 10.6 Å². The summed E-state index contributed by atoms with van der Waals surface area (Å²) >= 11 is 5.94. The average molecular weight is 408 g/mol. The molecule has 2 atom stereocenters. The molecule has 0 aliphatic carbocycles. The van der Waals surface area contributed by atoms with Crippen molar-refractivity contribution in [1.29, 1.82) is 0 Å². The third-order valence-corrected chi connectivity index (χ3v) is 6.39. The van der Waals surface area contributed by atoms with Gasteiger partial charge in [0, 0.05) is 18.1 Å². The van der Waals surface area contributed by atoms with Gasteiger partial charge < -0.3 is 10.6 Å². The SMILES string of the molecule is CCC(CS(=O)(=O)c1ccccc1)NC(=NC)NC(C)c1ccc(Cl)cc1. The van der Waals surface area contributed by atoms with E-state index in [2.05, 4.69) is 15.6 Å². The first-order valence-electron chi connectivity index (χ1n) is 8.88. The van der Waals surface area contributed by atoms with Gasteiger partial charge in [0.05, 0.1) is 16.7 Å². The number of aliphatic imine (C=N–C) groups is 1. The van der Waals surface area contributed by atoms with Crippen LogP contribution in [-0.4, -0.2) is 33.2 Å². The van der Waals surface area contributed by atoms with Gasteiger partial charge in [-0.15, -0.1) is 0 Å². The number of guanidine groups is 1. The average Bonchev–Trinajstić information content (AvgIpc) is 2.67. The van der Waals surface area contributed by atoms with Crippen LogP contribution in [0, 0.1) is 0 Å². The molecule has 0 aliphatic rings. The zero-order valence-electron chi connectivity index (χ0n) is 15.8. The van der Waals surface area contributed by atoms with Gasteiger partial charge in [-0.2, -0.15) is 0 Å². The fraction of sp³-hybridized carbons (Fsp3) is 0.350. The number of sulfone groups is 1. The van der Waals surface area contributed by atoms with Crippen LogP contribution in [0.3, 0.4) is 0 Å². The summed E-state index contributed by atoms with van der Waals surface area (Å²) in [5, 5.41) is 7.20. The predicted molar refractivity (Wildman–Crippen MR) is 112 cm³/mol. The second kappa shape index (κ2) is 9.76. The number of rotatable bonds is 7. The van der Waals surface area contributed by atoms with Crippen LogP contribution in [0.15, 0.2) is 64.5 Å². The Morgan fingerprint density at radius 2 is 1.70 bits per heavy atom. The summed E-state index contributed by atoms with van der Waals surface area (Å²) in [5.41, 5.74) is 1.06. The van der Waals surface area contributed by atoms with Gasteiger partial charge in [0.15, 0.2) is 15.8 Å². The molecule has 27 heavy (non-hydrogen) atoms. The number of benzene rings is 2. The van der Waals surface area contributed by atoms with Crippen molar-refractivity contribution < 1.29 is 8.42 Å². The van der Waals surface area contributed by atoms with E-state index < -0.39 is 9.84 Å². The molecule has 2 aromatic rings. The van der Waals surface area contributed by atoms with Crippen molar-refractivity contribution >= 4 is 27.4 Å². The first kappa shape index (κ1) is 21.3. The summed E-state index contributed by atoms with van der Waals surface area (Å²) < 4.78 is 25.3. The van der Waals surface area contributed by atoms with Gasteiger partial charge in [0.2, 0.25) is 0 Å². The van der Waals surface area contributed by atoms with E-state index in [9.17, 15) is 8.42 Å². The van der Waals surface area contributed by atoms with Crippen LogP contribution in [0.4, 0.5) is 0 Å². The molecule has 2 aromatic carbocycles. The zero-order valence-corrected chi connectivity index (χ0v) is 17.4. The van der Waals surface area contributed by atoms with Gasteiger partial charge in [-0.05, 0) is 43.2 Å². The molecule has 0 fully saturated rings. The van der Waals surface area contributed by atoms with Crippen molar-refractivity contribution in [3.05, 3.63) is 65.2 Å². The van der Waals surface area contributed by atoms with Crippen LogP contribution in [0.5, 0.6) is 0 Å². The number of hydrogen-bond acceptors (Lipinski definition) is 3. The molecule has 0 heterocycles. The summed E-state index contributed by atoms with van der Waals surface area (Å²) in [6, 6.07) is 15.8. The molecular formula is C20H26ClN3O2S. The summed E-state index contributed by atoms with van der Waals surface area (Å²) in [5.74, 6) is 0.566. The Hall–Kier alpha value is -2.05. The second-order valence-electron chi connectivity index (χ2n) is 6.33. The molecule has 7 heteroatoms. The van der Waals surface area contributed by atoms with E-state index in [-0.39, 0.29) is 17.8 Å². The van der Waals surface area contributed by atoms with Crippen molar-refractivity contribution in [2.75, 3.05) is 12.8 Å². The summed E-state index contributed by atoms with van der Waals surface area (Å²) in [6.45, 7) is 3.96. The molecule has 0 radical (unpaired) electrons. The largest absolute Gasteiger partial charge is 0.353 e. The molecule has 0 aromatic heterocycles. The first-order valence-corrected chi connectivity index (χ1v) is 10.9. The van der Waals surface area contributed by atoms with Gasteiger partial charge >= 0.3 is 0 Å². The van der Waals surface area contributed by atoms with E-state index in [1.807, 2.05) is 38.1 Å². The van der Waals surface area contributed by atoms with Gasteiger partial charge in [-0.3, -0.25) is 4.99 Å². The molecular weight excluding hydrogens is 382 g/mol. The number of nitrogens with zero attached hydrogens (tertiary/aromatic N) is 1. The molecule has 0 saturated heterocycles. The van der Waals surface area contributed by atoms with E-state index in [0.29, 0.717) is 22.3 Å². The lowest BCUT2D eigenvalue weighted by Gasteiger charge is -2.23. The third kappa shape index (κ3) is 6.26. The predicted octanol–water partition coefficient (Wildman–Crippen LogP) is 3.82. The maximum absolute atomic E-state index is 12.6. The Kier molecular flexibility index (Phi) is 7.68. The van der Waals surface area contributed by atoms with E-state index >= 15 is 0 Å². The van der Waals surface area contributed by atoms with Crippen molar-refractivity contribution in [3.8, 4) is 0 Å². The molecule has 5 nitrogen and oxygen atoms in total. The van der Waals surface area contributed by atoms with E-state index in [1.165, 1.54) is 0 Å². The van der Waals surface area contributed by atoms with Crippen LogP contribution in [0.25, 0.3) is 0 Å². The maximum Gasteiger partial charge on any atom is 0.191 e. The monoisotopic (exact) mass is 407 g/mol. The fourth-order valence-corrected chi connectivity index (χ4v) is 4.39. The Bertz CT molecular complexity index is 853. The minimum absolute atomic E-state index is 0.00305. The van der Waals surface area contributed by atoms with Crippen LogP contribution < -0.4 is 10.6 Å². The van der Waals surface area contributed by atoms with E-state index in [0.717, 1.165) is 5.56 Å². The molecule has 0 aliphatic heterocycles. The Morgan fingerprint density at radius 1 is 1.07 bits per heavy atom. The molecule has 0 bridgehead atoms. The lowest BCUT2D eigenvalue weighted by Crippen LogP contribution is -2.46. The third-order valence-electron chi connectivity index (χ3n) is 4.30. The Balaban J connectivity index is 2.03. The molecule has 0 saturated carbocycles. The lowest BCUT2D eigenvalue weighted by molar-refractivity contribution is 0.565. The molecule has 2 rings (SSSR count). The fourth-order valence-electron chi connectivity index (χ4n) is 2.65. The van der Waals surface area contributed by atoms with E-state index in [4.69, 9.17) is 11.6 Å². The van der Waals surface area contributed by atoms with Gasteiger partial charge in [-0.25, -0.2) is 8.42 Å². The smallest absolute Gasteiger partial charge is 0.191 e. The zero-order chi connectivity index (χ0) is 19.9. The second-order valence-corrected chi connectivity index (χ2v) is 8.80. The minimum atomic E-state index is -3.37. The van der Waals surface area contributed by atoms with Crippen molar-refractivity contribution in [2.24, 2.45) is 4.99 Å². The molecule has 2 N–H and O–H groups in total.